The highest BCUT2D eigenvalue weighted by molar-refractivity contribution is 4.70. The number of unbranched alkanes of at least 4 members (excludes halogenated alkanes) is 2. The molecule has 2 unspecified atom stereocenters. The van der Waals surface area contributed by atoms with Crippen molar-refractivity contribution in [2.45, 2.75) is 64.8 Å². The lowest BCUT2D eigenvalue weighted by molar-refractivity contribution is -0.283. The maximum atomic E-state index is 5.80. The topological polar surface area (TPSA) is 18.5 Å². The molecule has 0 N–H and O–H groups in total. The summed E-state index contributed by atoms with van der Waals surface area (Å²) in [6.45, 7) is 7.26. The summed E-state index contributed by atoms with van der Waals surface area (Å²) in [6, 6.07) is 0. The standard InChI is InChI=1S/C11H22O2/c1-4-5-6-8-11(3)12-9-7-10(2)13-11/h10H,4-9H2,1-3H3. The van der Waals surface area contributed by atoms with E-state index in [0.29, 0.717) is 6.10 Å². The highest BCUT2D eigenvalue weighted by atomic mass is 16.7. The summed E-state index contributed by atoms with van der Waals surface area (Å²) < 4.78 is 11.5. The molecule has 0 amide bonds. The van der Waals surface area contributed by atoms with E-state index in [9.17, 15) is 0 Å². The monoisotopic (exact) mass is 186 g/mol. The summed E-state index contributed by atoms with van der Waals surface area (Å²) in [5, 5.41) is 0. The number of hydrogen-bond acceptors (Lipinski definition) is 2. The van der Waals surface area contributed by atoms with Crippen LogP contribution in [0.15, 0.2) is 0 Å². The fourth-order valence-corrected chi connectivity index (χ4v) is 1.79. The Morgan fingerprint density at radius 2 is 2.15 bits per heavy atom. The molecule has 1 aliphatic rings. The summed E-state index contributed by atoms with van der Waals surface area (Å²) in [4.78, 5) is 0. The molecule has 0 aromatic rings. The van der Waals surface area contributed by atoms with Crippen molar-refractivity contribution in [2.24, 2.45) is 0 Å². The Bertz CT molecular complexity index is 147. The molecule has 2 heteroatoms. The molecule has 78 valence electrons. The largest absolute Gasteiger partial charge is 0.350 e. The minimum absolute atomic E-state index is 0.299. The van der Waals surface area contributed by atoms with Gasteiger partial charge in [-0.1, -0.05) is 19.8 Å². The van der Waals surface area contributed by atoms with Gasteiger partial charge in [0.1, 0.15) is 0 Å². The van der Waals surface area contributed by atoms with Gasteiger partial charge < -0.3 is 9.47 Å². The van der Waals surface area contributed by atoms with Crippen molar-refractivity contribution in [1.29, 1.82) is 0 Å². The van der Waals surface area contributed by atoms with Crippen molar-refractivity contribution in [3.05, 3.63) is 0 Å². The zero-order valence-corrected chi connectivity index (χ0v) is 9.14. The maximum Gasteiger partial charge on any atom is 0.165 e. The first-order valence-electron chi connectivity index (χ1n) is 5.48. The first-order valence-corrected chi connectivity index (χ1v) is 5.48. The summed E-state index contributed by atoms with van der Waals surface area (Å²) in [5.41, 5.74) is 0. The van der Waals surface area contributed by atoms with E-state index in [2.05, 4.69) is 20.8 Å². The lowest BCUT2D eigenvalue weighted by atomic mass is 10.1. The second-order valence-corrected chi connectivity index (χ2v) is 4.16. The third-order valence-corrected chi connectivity index (χ3v) is 2.62. The van der Waals surface area contributed by atoms with E-state index in [1.54, 1.807) is 0 Å². The lowest BCUT2D eigenvalue weighted by Gasteiger charge is -2.37. The smallest absolute Gasteiger partial charge is 0.165 e. The molecule has 0 aromatic carbocycles. The Morgan fingerprint density at radius 1 is 1.38 bits per heavy atom. The summed E-state index contributed by atoms with van der Waals surface area (Å²) >= 11 is 0. The summed E-state index contributed by atoms with van der Waals surface area (Å²) in [7, 11) is 0. The van der Waals surface area contributed by atoms with Gasteiger partial charge in [0.25, 0.3) is 0 Å². The van der Waals surface area contributed by atoms with Gasteiger partial charge in [-0.15, -0.1) is 0 Å². The quantitative estimate of drug-likeness (QED) is 0.628. The van der Waals surface area contributed by atoms with Crippen molar-refractivity contribution in [3.8, 4) is 0 Å². The van der Waals surface area contributed by atoms with Crippen molar-refractivity contribution < 1.29 is 9.47 Å². The minimum Gasteiger partial charge on any atom is -0.350 e. The second-order valence-electron chi connectivity index (χ2n) is 4.16. The average Bonchev–Trinajstić information content (AvgIpc) is 2.04. The molecule has 2 atom stereocenters. The van der Waals surface area contributed by atoms with Gasteiger partial charge in [0.15, 0.2) is 5.79 Å². The van der Waals surface area contributed by atoms with Crippen LogP contribution in [0.4, 0.5) is 0 Å². The van der Waals surface area contributed by atoms with Crippen molar-refractivity contribution in [3.63, 3.8) is 0 Å². The van der Waals surface area contributed by atoms with Crippen LogP contribution in [-0.2, 0) is 9.47 Å². The highest BCUT2D eigenvalue weighted by Crippen LogP contribution is 2.27. The Hall–Kier alpha value is -0.0800. The van der Waals surface area contributed by atoms with Crippen LogP contribution < -0.4 is 0 Å². The molecular weight excluding hydrogens is 164 g/mol. The van der Waals surface area contributed by atoms with E-state index in [1.807, 2.05) is 0 Å². The van der Waals surface area contributed by atoms with Crippen LogP contribution in [0.3, 0.4) is 0 Å². The van der Waals surface area contributed by atoms with E-state index in [-0.39, 0.29) is 5.79 Å². The van der Waals surface area contributed by atoms with Crippen LogP contribution >= 0.6 is 0 Å². The first kappa shape index (κ1) is 11.0. The predicted octanol–water partition coefficient (Wildman–Crippen LogP) is 3.11. The fraction of sp³-hybridized carbons (Fsp3) is 1.00. The molecular formula is C11H22O2. The Labute approximate surface area is 81.6 Å². The fourth-order valence-electron chi connectivity index (χ4n) is 1.79. The Kier molecular flexibility index (Phi) is 4.20. The molecule has 0 aliphatic carbocycles. The van der Waals surface area contributed by atoms with Gasteiger partial charge in [0.2, 0.25) is 0 Å². The van der Waals surface area contributed by atoms with Gasteiger partial charge in [-0.2, -0.15) is 0 Å². The summed E-state index contributed by atoms with van der Waals surface area (Å²) in [6.07, 6.45) is 6.16. The molecule has 13 heavy (non-hydrogen) atoms. The van der Waals surface area contributed by atoms with Gasteiger partial charge in [0, 0.05) is 6.42 Å². The minimum atomic E-state index is -0.299. The molecule has 0 aromatic heterocycles. The van der Waals surface area contributed by atoms with Gasteiger partial charge in [-0.3, -0.25) is 0 Å². The molecule has 1 fully saturated rings. The number of hydrogen-bond donors (Lipinski definition) is 0. The molecule has 2 nitrogen and oxygen atoms in total. The molecule has 1 heterocycles. The Balaban J connectivity index is 2.27. The zero-order chi connectivity index (χ0) is 9.73. The lowest BCUT2D eigenvalue weighted by Crippen LogP contribution is -2.41. The predicted molar refractivity (Wildman–Crippen MR) is 53.7 cm³/mol. The van der Waals surface area contributed by atoms with Crippen LogP contribution in [0, 0.1) is 0 Å². The van der Waals surface area contributed by atoms with E-state index in [1.165, 1.54) is 19.3 Å². The SMILES string of the molecule is CCCCCC1(C)OCCC(C)O1. The molecule has 1 aliphatic heterocycles. The van der Waals surface area contributed by atoms with Crippen LogP contribution in [0.1, 0.15) is 52.9 Å². The average molecular weight is 186 g/mol. The molecule has 1 saturated heterocycles. The van der Waals surface area contributed by atoms with Gasteiger partial charge in [-0.25, -0.2) is 0 Å². The van der Waals surface area contributed by atoms with Gasteiger partial charge in [-0.05, 0) is 26.7 Å². The van der Waals surface area contributed by atoms with Crippen molar-refractivity contribution in [1.82, 2.24) is 0 Å². The van der Waals surface area contributed by atoms with Gasteiger partial charge in [0.05, 0.1) is 12.7 Å². The maximum absolute atomic E-state index is 5.80. The van der Waals surface area contributed by atoms with Crippen LogP contribution in [-0.4, -0.2) is 18.5 Å². The molecule has 0 spiro atoms. The summed E-state index contributed by atoms with van der Waals surface area (Å²) in [5.74, 6) is -0.299. The van der Waals surface area contributed by atoms with Crippen LogP contribution in [0.25, 0.3) is 0 Å². The molecule has 0 saturated carbocycles. The third-order valence-electron chi connectivity index (χ3n) is 2.62. The zero-order valence-electron chi connectivity index (χ0n) is 9.14. The first-order chi connectivity index (χ1) is 6.16. The molecule has 1 rings (SSSR count). The molecule has 0 bridgehead atoms. The third kappa shape index (κ3) is 3.65. The van der Waals surface area contributed by atoms with E-state index < -0.39 is 0 Å². The normalized spacial score (nSPS) is 34.8. The Morgan fingerprint density at radius 3 is 2.77 bits per heavy atom. The van der Waals surface area contributed by atoms with Gasteiger partial charge >= 0.3 is 0 Å². The van der Waals surface area contributed by atoms with Crippen molar-refractivity contribution >= 4 is 0 Å². The van der Waals surface area contributed by atoms with Crippen molar-refractivity contribution in [2.75, 3.05) is 6.61 Å². The van der Waals surface area contributed by atoms with E-state index in [4.69, 9.17) is 9.47 Å². The van der Waals surface area contributed by atoms with Crippen LogP contribution in [0.2, 0.25) is 0 Å². The number of rotatable bonds is 4. The van der Waals surface area contributed by atoms with Crippen LogP contribution in [0.5, 0.6) is 0 Å². The second kappa shape index (κ2) is 4.97. The van der Waals surface area contributed by atoms with E-state index >= 15 is 0 Å². The van der Waals surface area contributed by atoms with E-state index in [0.717, 1.165) is 19.4 Å². The number of ether oxygens (including phenoxy) is 2. The highest BCUT2D eigenvalue weighted by Gasteiger charge is 2.31. The molecule has 0 radical (unpaired) electrons.